The molecule has 1 heterocycles. The fraction of sp³-hybridized carbons (Fsp3) is 0.150. The van der Waals surface area contributed by atoms with Crippen molar-refractivity contribution < 1.29 is 13.6 Å². The largest absolute Gasteiger partial charge is 0.464 e. The molecule has 0 unspecified atom stereocenters. The highest BCUT2D eigenvalue weighted by Crippen LogP contribution is 2.17. The summed E-state index contributed by atoms with van der Waals surface area (Å²) in [5.41, 5.74) is 1.53. The lowest BCUT2D eigenvalue weighted by atomic mass is 10.2. The standard InChI is InChI=1S/C20H18BrFN2O2/c1-14-2-11-19(26-14)13-24(12-15-3-7-17(22)8-4-15)20(25)23-18-9-5-16(21)6-10-18/h2-11H,12-13H2,1H3,(H,23,25). The van der Waals surface area contributed by atoms with E-state index in [4.69, 9.17) is 4.42 Å². The fourth-order valence-corrected chi connectivity index (χ4v) is 2.77. The third-order valence-corrected chi connectivity index (χ3v) is 4.34. The lowest BCUT2D eigenvalue weighted by molar-refractivity contribution is 0.201. The molecule has 0 radical (unpaired) electrons. The molecule has 0 fully saturated rings. The van der Waals surface area contributed by atoms with Crippen LogP contribution in [0.15, 0.2) is 69.6 Å². The van der Waals surface area contributed by atoms with Crippen LogP contribution >= 0.6 is 15.9 Å². The molecule has 3 aromatic rings. The lowest BCUT2D eigenvalue weighted by Crippen LogP contribution is -2.34. The van der Waals surface area contributed by atoms with Crippen molar-refractivity contribution in [1.82, 2.24) is 4.90 Å². The van der Waals surface area contributed by atoms with Crippen molar-refractivity contribution >= 4 is 27.6 Å². The first-order chi connectivity index (χ1) is 12.5. The van der Waals surface area contributed by atoms with E-state index in [1.165, 1.54) is 12.1 Å². The number of amides is 2. The first kappa shape index (κ1) is 18.2. The van der Waals surface area contributed by atoms with E-state index in [1.807, 2.05) is 43.3 Å². The van der Waals surface area contributed by atoms with Crippen molar-refractivity contribution in [2.45, 2.75) is 20.0 Å². The molecule has 1 N–H and O–H groups in total. The number of nitrogens with one attached hydrogen (secondary N) is 1. The van der Waals surface area contributed by atoms with E-state index in [0.29, 0.717) is 24.5 Å². The van der Waals surface area contributed by atoms with Crippen molar-refractivity contribution in [2.75, 3.05) is 5.32 Å². The number of nitrogens with zero attached hydrogens (tertiary/aromatic N) is 1. The third kappa shape index (κ3) is 4.95. The Hall–Kier alpha value is -2.60. The van der Waals surface area contributed by atoms with E-state index in [2.05, 4.69) is 21.2 Å². The first-order valence-electron chi connectivity index (χ1n) is 8.11. The van der Waals surface area contributed by atoms with Crippen LogP contribution in [0.25, 0.3) is 0 Å². The molecule has 6 heteroatoms. The number of hydrogen-bond donors (Lipinski definition) is 1. The molecule has 0 spiro atoms. The summed E-state index contributed by atoms with van der Waals surface area (Å²) in [5, 5.41) is 2.88. The van der Waals surface area contributed by atoms with Gasteiger partial charge in [0.05, 0.1) is 6.54 Å². The topological polar surface area (TPSA) is 45.5 Å². The van der Waals surface area contributed by atoms with Crippen LogP contribution < -0.4 is 5.32 Å². The van der Waals surface area contributed by atoms with Crippen LogP contribution in [0.1, 0.15) is 17.1 Å². The Kier molecular flexibility index (Phi) is 5.73. The van der Waals surface area contributed by atoms with Crippen LogP contribution in [-0.2, 0) is 13.1 Å². The predicted octanol–water partition coefficient (Wildman–Crippen LogP) is 5.72. The van der Waals surface area contributed by atoms with Crippen molar-refractivity contribution in [3.05, 3.63) is 88.0 Å². The van der Waals surface area contributed by atoms with E-state index in [0.717, 1.165) is 15.8 Å². The summed E-state index contributed by atoms with van der Waals surface area (Å²) < 4.78 is 19.7. The Bertz CT molecular complexity index is 876. The summed E-state index contributed by atoms with van der Waals surface area (Å²) in [6.45, 7) is 2.51. The minimum Gasteiger partial charge on any atom is -0.464 e. The number of benzene rings is 2. The second-order valence-electron chi connectivity index (χ2n) is 5.93. The van der Waals surface area contributed by atoms with E-state index in [9.17, 15) is 9.18 Å². The summed E-state index contributed by atoms with van der Waals surface area (Å²) in [6, 6.07) is 16.9. The molecular formula is C20H18BrFN2O2. The van der Waals surface area contributed by atoms with Gasteiger partial charge in [0.25, 0.3) is 0 Å². The molecule has 0 aliphatic heterocycles. The molecular weight excluding hydrogens is 399 g/mol. The SMILES string of the molecule is Cc1ccc(CN(Cc2ccc(F)cc2)C(=O)Nc2ccc(Br)cc2)o1. The van der Waals surface area contributed by atoms with Crippen LogP contribution in [0.4, 0.5) is 14.9 Å². The number of furan rings is 1. The molecule has 26 heavy (non-hydrogen) atoms. The maximum atomic E-state index is 13.1. The van der Waals surface area contributed by atoms with Gasteiger partial charge in [0.2, 0.25) is 0 Å². The van der Waals surface area contributed by atoms with Gasteiger partial charge in [-0.25, -0.2) is 9.18 Å². The Morgan fingerprint density at radius 2 is 1.73 bits per heavy atom. The zero-order valence-corrected chi connectivity index (χ0v) is 15.8. The molecule has 1 aromatic heterocycles. The predicted molar refractivity (Wildman–Crippen MR) is 102 cm³/mol. The highest BCUT2D eigenvalue weighted by molar-refractivity contribution is 9.10. The smallest absolute Gasteiger partial charge is 0.322 e. The first-order valence-corrected chi connectivity index (χ1v) is 8.90. The van der Waals surface area contributed by atoms with Crippen LogP contribution in [0, 0.1) is 12.7 Å². The number of carbonyl (C=O) groups excluding carboxylic acids is 1. The van der Waals surface area contributed by atoms with E-state index in [1.54, 1.807) is 17.0 Å². The third-order valence-electron chi connectivity index (χ3n) is 3.81. The molecule has 0 saturated heterocycles. The maximum Gasteiger partial charge on any atom is 0.322 e. The Morgan fingerprint density at radius 1 is 1.04 bits per heavy atom. The molecule has 0 aliphatic carbocycles. The molecule has 0 atom stereocenters. The van der Waals surface area contributed by atoms with Gasteiger partial charge in [-0.15, -0.1) is 0 Å². The second-order valence-corrected chi connectivity index (χ2v) is 6.85. The number of urea groups is 1. The monoisotopic (exact) mass is 416 g/mol. The Labute approximate surface area is 159 Å². The molecule has 2 amide bonds. The van der Waals surface area contributed by atoms with Crippen molar-refractivity contribution in [3.63, 3.8) is 0 Å². The average molecular weight is 417 g/mol. The molecule has 0 saturated carbocycles. The minimum atomic E-state index is -0.304. The van der Waals surface area contributed by atoms with E-state index < -0.39 is 0 Å². The van der Waals surface area contributed by atoms with Gasteiger partial charge in [0.15, 0.2) is 0 Å². The number of rotatable bonds is 5. The normalized spacial score (nSPS) is 10.6. The summed E-state index contributed by atoms with van der Waals surface area (Å²) in [6.07, 6.45) is 0. The van der Waals surface area contributed by atoms with E-state index >= 15 is 0 Å². The van der Waals surface area contributed by atoms with Gasteiger partial charge in [-0.2, -0.15) is 0 Å². The summed E-state index contributed by atoms with van der Waals surface area (Å²) in [4.78, 5) is 14.4. The lowest BCUT2D eigenvalue weighted by Gasteiger charge is -2.22. The van der Waals surface area contributed by atoms with Gasteiger partial charge < -0.3 is 14.6 Å². The van der Waals surface area contributed by atoms with Crippen LogP contribution in [0.2, 0.25) is 0 Å². The van der Waals surface area contributed by atoms with Gasteiger partial charge in [-0.1, -0.05) is 28.1 Å². The van der Waals surface area contributed by atoms with Gasteiger partial charge in [0, 0.05) is 16.7 Å². The number of carbonyl (C=O) groups is 1. The van der Waals surface area contributed by atoms with E-state index in [-0.39, 0.29) is 11.8 Å². The summed E-state index contributed by atoms with van der Waals surface area (Å²) >= 11 is 3.37. The summed E-state index contributed by atoms with van der Waals surface area (Å²) in [7, 11) is 0. The zero-order chi connectivity index (χ0) is 18.5. The van der Waals surface area contributed by atoms with Crippen molar-refractivity contribution in [1.29, 1.82) is 0 Å². The fourth-order valence-electron chi connectivity index (χ4n) is 2.50. The Balaban J connectivity index is 1.77. The molecule has 3 rings (SSSR count). The second kappa shape index (κ2) is 8.19. The highest BCUT2D eigenvalue weighted by atomic mass is 79.9. The van der Waals surface area contributed by atoms with Gasteiger partial charge >= 0.3 is 6.03 Å². The highest BCUT2D eigenvalue weighted by Gasteiger charge is 2.17. The van der Waals surface area contributed by atoms with Crippen LogP contribution in [0.5, 0.6) is 0 Å². The molecule has 0 aliphatic rings. The number of aryl methyl sites for hydroxylation is 1. The van der Waals surface area contributed by atoms with Gasteiger partial charge in [-0.3, -0.25) is 0 Å². The number of anilines is 1. The average Bonchev–Trinajstić information content (AvgIpc) is 3.03. The minimum absolute atomic E-state index is 0.259. The van der Waals surface area contributed by atoms with Gasteiger partial charge in [0.1, 0.15) is 17.3 Å². The molecule has 4 nitrogen and oxygen atoms in total. The zero-order valence-electron chi connectivity index (χ0n) is 14.2. The van der Waals surface area contributed by atoms with Crippen molar-refractivity contribution in [2.24, 2.45) is 0 Å². The van der Waals surface area contributed by atoms with Crippen LogP contribution in [0.3, 0.4) is 0 Å². The van der Waals surface area contributed by atoms with Crippen LogP contribution in [-0.4, -0.2) is 10.9 Å². The quantitative estimate of drug-likeness (QED) is 0.577. The van der Waals surface area contributed by atoms with Gasteiger partial charge in [-0.05, 0) is 61.0 Å². The molecule has 2 aromatic carbocycles. The Morgan fingerprint density at radius 3 is 2.35 bits per heavy atom. The summed E-state index contributed by atoms with van der Waals surface area (Å²) in [5.74, 6) is 1.17. The number of halogens is 2. The number of hydrogen-bond acceptors (Lipinski definition) is 2. The molecule has 0 bridgehead atoms. The molecule has 134 valence electrons. The maximum absolute atomic E-state index is 13.1. The van der Waals surface area contributed by atoms with Crippen molar-refractivity contribution in [3.8, 4) is 0 Å².